The van der Waals surface area contributed by atoms with E-state index in [-0.39, 0.29) is 5.60 Å². The highest BCUT2D eigenvalue weighted by Crippen LogP contribution is 2.53. The predicted octanol–water partition coefficient (Wildman–Crippen LogP) is 1.34. The minimum atomic E-state index is -0.421. The molecule has 2 rings (SSSR count). The van der Waals surface area contributed by atoms with Crippen LogP contribution in [-0.4, -0.2) is 5.60 Å². The third-order valence-corrected chi connectivity index (χ3v) is 2.88. The third-order valence-electron chi connectivity index (χ3n) is 2.88. The van der Waals surface area contributed by atoms with Crippen LogP contribution in [0.25, 0.3) is 0 Å². The van der Waals surface area contributed by atoms with Gasteiger partial charge in [0.15, 0.2) is 11.8 Å². The molecule has 1 unspecified atom stereocenters. The lowest BCUT2D eigenvalue weighted by Crippen LogP contribution is -2.37. The van der Waals surface area contributed by atoms with Gasteiger partial charge in [-0.3, -0.25) is 0 Å². The van der Waals surface area contributed by atoms with Crippen LogP contribution < -0.4 is 4.73 Å². The third kappa shape index (κ3) is 1.04. The predicted molar refractivity (Wildman–Crippen MR) is 47.9 cm³/mol. The maximum absolute atomic E-state index is 11.4. The first-order valence-corrected chi connectivity index (χ1v) is 4.36. The molecule has 1 aromatic heterocycles. The van der Waals surface area contributed by atoms with Crippen molar-refractivity contribution in [1.29, 1.82) is 0 Å². The van der Waals surface area contributed by atoms with Crippen LogP contribution in [0.2, 0.25) is 0 Å². The second kappa shape index (κ2) is 2.23. The van der Waals surface area contributed by atoms with Crippen LogP contribution in [0, 0.1) is 5.21 Å². The van der Waals surface area contributed by atoms with E-state index in [2.05, 4.69) is 0 Å². The van der Waals surface area contributed by atoms with E-state index in [9.17, 15) is 5.21 Å². The molecule has 13 heavy (non-hydrogen) atoms. The minimum Gasteiger partial charge on any atom is -0.618 e. The van der Waals surface area contributed by atoms with Crippen molar-refractivity contribution in [1.82, 2.24) is 0 Å². The molecule has 1 aliphatic heterocycles. The highest BCUT2D eigenvalue weighted by molar-refractivity contribution is 5.21. The Labute approximate surface area is 77.5 Å². The summed E-state index contributed by atoms with van der Waals surface area (Å²) in [5.41, 5.74) is 0.0382. The Kier molecular flexibility index (Phi) is 1.46. The molecule has 0 radical (unpaired) electrons. The highest BCUT2D eigenvalue weighted by Gasteiger charge is 2.65. The molecule has 1 fully saturated rings. The fourth-order valence-corrected chi connectivity index (χ4v) is 1.64. The summed E-state index contributed by atoms with van der Waals surface area (Å²) in [7, 11) is 0. The molecule has 0 spiro atoms. The smallest absolute Gasteiger partial charge is 0.227 e. The molecule has 2 heterocycles. The molecule has 0 saturated carbocycles. The zero-order chi connectivity index (χ0) is 9.69. The van der Waals surface area contributed by atoms with Gasteiger partial charge in [0.05, 0.1) is 0 Å². The molecule has 1 aromatic rings. The maximum Gasteiger partial charge on any atom is 0.227 e. The van der Waals surface area contributed by atoms with Crippen molar-refractivity contribution in [3.8, 4) is 0 Å². The first-order valence-electron chi connectivity index (χ1n) is 4.36. The molecule has 0 aliphatic carbocycles. The summed E-state index contributed by atoms with van der Waals surface area (Å²) in [6.45, 7) is 5.91. The Morgan fingerprint density at radius 2 is 1.92 bits per heavy atom. The zero-order valence-electron chi connectivity index (χ0n) is 8.07. The average molecular weight is 179 g/mol. The summed E-state index contributed by atoms with van der Waals surface area (Å²) in [5.74, 6) is 0. The number of nitrogens with zero attached hydrogens (tertiary/aromatic N) is 1. The van der Waals surface area contributed by atoms with Crippen LogP contribution in [0.5, 0.6) is 0 Å². The SMILES string of the molecule is CC1(C)OC1(C)c1cccc[n+]1[O-]. The number of pyridine rings is 1. The largest absolute Gasteiger partial charge is 0.618 e. The van der Waals surface area contributed by atoms with Crippen LogP contribution in [0.1, 0.15) is 26.5 Å². The second-order valence-electron chi connectivity index (χ2n) is 4.06. The van der Waals surface area contributed by atoms with Crippen molar-refractivity contribution in [3.05, 3.63) is 35.3 Å². The highest BCUT2D eigenvalue weighted by atomic mass is 16.6. The number of aromatic nitrogens is 1. The van der Waals surface area contributed by atoms with Crippen LogP contribution in [0.4, 0.5) is 0 Å². The number of hydrogen-bond donors (Lipinski definition) is 0. The molecule has 0 amide bonds. The summed E-state index contributed by atoms with van der Waals surface area (Å²) in [6, 6.07) is 5.38. The van der Waals surface area contributed by atoms with Crippen molar-refractivity contribution in [2.24, 2.45) is 0 Å². The van der Waals surface area contributed by atoms with E-state index >= 15 is 0 Å². The topological polar surface area (TPSA) is 39.5 Å². The Hall–Kier alpha value is -1.09. The van der Waals surface area contributed by atoms with Crippen LogP contribution in [-0.2, 0) is 10.3 Å². The monoisotopic (exact) mass is 179 g/mol. The lowest BCUT2D eigenvalue weighted by atomic mass is 9.94. The van der Waals surface area contributed by atoms with Gasteiger partial charge in [0.1, 0.15) is 5.60 Å². The van der Waals surface area contributed by atoms with Crippen molar-refractivity contribution in [2.45, 2.75) is 32.0 Å². The summed E-state index contributed by atoms with van der Waals surface area (Å²) < 4.78 is 6.41. The summed E-state index contributed by atoms with van der Waals surface area (Å²) in [6.07, 6.45) is 1.50. The van der Waals surface area contributed by atoms with E-state index in [1.165, 1.54) is 6.20 Å². The van der Waals surface area contributed by atoms with Crippen LogP contribution >= 0.6 is 0 Å². The fourth-order valence-electron chi connectivity index (χ4n) is 1.64. The van der Waals surface area contributed by atoms with E-state index in [1.54, 1.807) is 6.07 Å². The molecule has 0 bridgehead atoms. The van der Waals surface area contributed by atoms with Gasteiger partial charge in [0.2, 0.25) is 5.69 Å². The van der Waals surface area contributed by atoms with E-state index in [0.717, 1.165) is 4.73 Å². The van der Waals surface area contributed by atoms with Crippen molar-refractivity contribution < 1.29 is 9.47 Å². The van der Waals surface area contributed by atoms with E-state index < -0.39 is 5.60 Å². The first kappa shape index (κ1) is 8.51. The number of hydrogen-bond acceptors (Lipinski definition) is 2. The number of rotatable bonds is 1. The van der Waals surface area contributed by atoms with Gasteiger partial charge in [0.25, 0.3) is 0 Å². The van der Waals surface area contributed by atoms with Gasteiger partial charge in [-0.25, -0.2) is 0 Å². The lowest BCUT2D eigenvalue weighted by molar-refractivity contribution is -0.618. The molecule has 1 atom stereocenters. The van der Waals surface area contributed by atoms with Gasteiger partial charge in [-0.2, -0.15) is 4.73 Å². The van der Waals surface area contributed by atoms with E-state index in [0.29, 0.717) is 5.69 Å². The van der Waals surface area contributed by atoms with Gasteiger partial charge in [-0.15, -0.1) is 0 Å². The quantitative estimate of drug-likeness (QED) is 0.371. The summed E-state index contributed by atoms with van der Waals surface area (Å²) >= 11 is 0. The standard InChI is InChI=1S/C10H13NO2/c1-9(2)10(3,13-9)8-6-4-5-7-11(8)12/h4-7H,1-3H3. The average Bonchev–Trinajstić information content (AvgIpc) is 2.53. The molecule has 3 heteroatoms. The molecule has 0 N–H and O–H groups in total. The zero-order valence-corrected chi connectivity index (χ0v) is 8.07. The minimum absolute atomic E-state index is 0.222. The number of epoxide rings is 1. The molecule has 0 aromatic carbocycles. The van der Waals surface area contributed by atoms with Gasteiger partial charge < -0.3 is 9.94 Å². The normalized spacial score (nSPS) is 30.1. The molecular weight excluding hydrogens is 166 g/mol. The molecule has 3 nitrogen and oxygen atoms in total. The van der Waals surface area contributed by atoms with Crippen molar-refractivity contribution >= 4 is 0 Å². The molecule has 1 saturated heterocycles. The number of ether oxygens (including phenoxy) is 1. The van der Waals surface area contributed by atoms with Crippen LogP contribution in [0.15, 0.2) is 24.4 Å². The molecule has 1 aliphatic rings. The Morgan fingerprint density at radius 3 is 2.38 bits per heavy atom. The van der Waals surface area contributed by atoms with E-state index in [1.807, 2.05) is 32.9 Å². The molecule has 70 valence electrons. The van der Waals surface area contributed by atoms with Gasteiger partial charge in [-0.05, 0) is 26.8 Å². The van der Waals surface area contributed by atoms with Gasteiger partial charge in [0, 0.05) is 12.1 Å². The second-order valence-corrected chi connectivity index (χ2v) is 4.06. The molecular formula is C10H13NO2. The Balaban J connectivity index is 2.44. The summed E-state index contributed by atoms with van der Waals surface area (Å²) in [4.78, 5) is 0. The first-order chi connectivity index (χ1) is 5.97. The maximum atomic E-state index is 11.4. The van der Waals surface area contributed by atoms with Crippen molar-refractivity contribution in [3.63, 3.8) is 0 Å². The Bertz CT molecular complexity index is 349. The lowest BCUT2D eigenvalue weighted by Gasteiger charge is -2.08. The van der Waals surface area contributed by atoms with E-state index in [4.69, 9.17) is 4.74 Å². The fraction of sp³-hybridized carbons (Fsp3) is 0.500. The van der Waals surface area contributed by atoms with Gasteiger partial charge >= 0.3 is 0 Å². The van der Waals surface area contributed by atoms with Crippen LogP contribution in [0.3, 0.4) is 0 Å². The van der Waals surface area contributed by atoms with Gasteiger partial charge in [-0.1, -0.05) is 0 Å². The Morgan fingerprint density at radius 1 is 1.31 bits per heavy atom. The summed E-state index contributed by atoms with van der Waals surface area (Å²) in [5, 5.41) is 11.4. The van der Waals surface area contributed by atoms with Crippen molar-refractivity contribution in [2.75, 3.05) is 0 Å².